The topological polar surface area (TPSA) is 106 Å². The SMILES string of the molecule is CC[C@H](C)Nc1ncc2c(OCC34CCC(N)(CC3)CC4)ncc([C@H]3CC[C@H](O)CC3)c2n1. The maximum atomic E-state index is 9.98. The molecule has 180 valence electrons. The first kappa shape index (κ1) is 22.8. The van der Waals surface area contributed by atoms with Crippen LogP contribution in [0, 0.1) is 5.41 Å². The van der Waals surface area contributed by atoms with Crippen LogP contribution in [0.1, 0.15) is 96.0 Å². The van der Waals surface area contributed by atoms with Crippen molar-refractivity contribution in [2.75, 3.05) is 11.9 Å². The number of nitrogens with two attached hydrogens (primary N) is 1. The van der Waals surface area contributed by atoms with E-state index in [2.05, 4.69) is 24.1 Å². The second-order valence-electron chi connectivity index (χ2n) is 11.1. The quantitative estimate of drug-likeness (QED) is 0.558. The van der Waals surface area contributed by atoms with Crippen LogP contribution in [0.15, 0.2) is 12.4 Å². The lowest BCUT2D eigenvalue weighted by atomic mass is 9.58. The molecule has 0 spiro atoms. The average molecular weight is 454 g/mol. The van der Waals surface area contributed by atoms with E-state index in [1.54, 1.807) is 0 Å². The Morgan fingerprint density at radius 1 is 1.09 bits per heavy atom. The summed E-state index contributed by atoms with van der Waals surface area (Å²) in [5, 5.41) is 14.3. The minimum absolute atomic E-state index is 0.0643. The Balaban J connectivity index is 1.43. The van der Waals surface area contributed by atoms with Gasteiger partial charge in [0, 0.05) is 35.0 Å². The van der Waals surface area contributed by atoms with E-state index >= 15 is 0 Å². The van der Waals surface area contributed by atoms with Crippen LogP contribution < -0.4 is 15.8 Å². The van der Waals surface area contributed by atoms with E-state index in [4.69, 9.17) is 20.4 Å². The molecule has 0 unspecified atom stereocenters. The first-order chi connectivity index (χ1) is 15.9. The summed E-state index contributed by atoms with van der Waals surface area (Å²) in [5.74, 6) is 1.66. The van der Waals surface area contributed by atoms with E-state index < -0.39 is 0 Å². The van der Waals surface area contributed by atoms with Gasteiger partial charge in [0.25, 0.3) is 0 Å². The van der Waals surface area contributed by atoms with Crippen molar-refractivity contribution in [3.63, 3.8) is 0 Å². The molecule has 7 heteroatoms. The molecule has 2 aromatic heterocycles. The zero-order valence-corrected chi connectivity index (χ0v) is 20.1. The van der Waals surface area contributed by atoms with Crippen LogP contribution in [0.25, 0.3) is 10.9 Å². The van der Waals surface area contributed by atoms with Crippen molar-refractivity contribution >= 4 is 16.9 Å². The fourth-order valence-corrected chi connectivity index (χ4v) is 5.94. The van der Waals surface area contributed by atoms with Gasteiger partial charge in [-0.3, -0.25) is 0 Å². The zero-order chi connectivity index (χ0) is 23.1. The lowest BCUT2D eigenvalue weighted by molar-refractivity contribution is 0.00453. The lowest BCUT2D eigenvalue weighted by Crippen LogP contribution is -2.53. The highest BCUT2D eigenvalue weighted by atomic mass is 16.5. The molecular weight excluding hydrogens is 414 g/mol. The second-order valence-corrected chi connectivity index (χ2v) is 11.1. The van der Waals surface area contributed by atoms with Crippen molar-refractivity contribution < 1.29 is 9.84 Å². The monoisotopic (exact) mass is 453 g/mol. The summed E-state index contributed by atoms with van der Waals surface area (Å²) < 4.78 is 6.42. The van der Waals surface area contributed by atoms with Gasteiger partial charge in [0.05, 0.1) is 23.6 Å². The Kier molecular flexibility index (Phi) is 6.21. The van der Waals surface area contributed by atoms with Crippen LogP contribution >= 0.6 is 0 Å². The van der Waals surface area contributed by atoms with Crippen LogP contribution in [0.4, 0.5) is 5.95 Å². The molecule has 4 N–H and O–H groups in total. The Labute approximate surface area is 196 Å². The average Bonchev–Trinajstić information content (AvgIpc) is 2.84. The molecule has 2 bridgehead atoms. The number of fused-ring (bicyclic) bond motifs is 4. The molecule has 0 aromatic carbocycles. The third-order valence-electron chi connectivity index (χ3n) is 8.71. The standard InChI is InChI=1S/C26H39N5O2/c1-3-17(2)30-24-29-15-21-22(31-24)20(18-4-6-19(32)7-5-18)14-28-23(21)33-16-25-8-11-26(27,12-9-25)13-10-25/h14-15,17-19,32H,3-13,16,27H2,1-2H3,(H,29,30,31)/t17-,18-,19-,25?,26?/m0/s1. The van der Waals surface area contributed by atoms with Gasteiger partial charge < -0.3 is 20.9 Å². The van der Waals surface area contributed by atoms with Crippen LogP contribution in [0.3, 0.4) is 0 Å². The molecule has 0 aliphatic heterocycles. The smallest absolute Gasteiger partial charge is 0.224 e. The second kappa shape index (κ2) is 8.99. The fraction of sp³-hybridized carbons (Fsp3) is 0.731. The highest BCUT2D eigenvalue weighted by Gasteiger charge is 2.47. The van der Waals surface area contributed by atoms with E-state index in [0.717, 1.165) is 87.1 Å². The molecule has 7 nitrogen and oxygen atoms in total. The van der Waals surface area contributed by atoms with Crippen LogP contribution in [0.2, 0.25) is 0 Å². The van der Waals surface area contributed by atoms with Crippen molar-refractivity contribution in [2.24, 2.45) is 11.1 Å². The minimum atomic E-state index is -0.183. The van der Waals surface area contributed by atoms with E-state index in [0.29, 0.717) is 30.4 Å². The largest absolute Gasteiger partial charge is 0.477 e. The number of hydrogen-bond acceptors (Lipinski definition) is 7. The lowest BCUT2D eigenvalue weighted by Gasteiger charge is -2.51. The predicted molar refractivity (Wildman–Crippen MR) is 130 cm³/mol. The number of aliphatic hydroxyl groups excluding tert-OH is 1. The molecule has 4 aliphatic carbocycles. The number of aromatic nitrogens is 3. The third kappa shape index (κ3) is 4.67. The molecule has 0 radical (unpaired) electrons. The maximum Gasteiger partial charge on any atom is 0.224 e. The Hall–Kier alpha value is -1.99. The van der Waals surface area contributed by atoms with Gasteiger partial charge in [-0.15, -0.1) is 0 Å². The molecule has 4 saturated carbocycles. The number of ether oxygens (including phenoxy) is 1. The molecule has 1 atom stereocenters. The van der Waals surface area contributed by atoms with Gasteiger partial charge in [0.2, 0.25) is 11.8 Å². The number of aliphatic hydroxyl groups is 1. The van der Waals surface area contributed by atoms with Crippen molar-refractivity contribution in [3.05, 3.63) is 18.0 Å². The molecule has 33 heavy (non-hydrogen) atoms. The maximum absolute atomic E-state index is 9.98. The summed E-state index contributed by atoms with van der Waals surface area (Å²) in [6.07, 6.45) is 15.0. The summed E-state index contributed by atoms with van der Waals surface area (Å²) in [4.78, 5) is 14.3. The predicted octanol–water partition coefficient (Wildman–Crippen LogP) is 4.68. The highest BCUT2D eigenvalue weighted by molar-refractivity contribution is 5.86. The Morgan fingerprint density at radius 2 is 1.79 bits per heavy atom. The number of anilines is 1. The normalized spacial score (nSPS) is 32.6. The van der Waals surface area contributed by atoms with Gasteiger partial charge in [0.15, 0.2) is 0 Å². The van der Waals surface area contributed by atoms with Crippen molar-refractivity contribution in [3.8, 4) is 5.88 Å². The minimum Gasteiger partial charge on any atom is -0.477 e. The Bertz CT molecular complexity index is 964. The van der Waals surface area contributed by atoms with Gasteiger partial charge in [-0.2, -0.15) is 0 Å². The van der Waals surface area contributed by atoms with Crippen molar-refractivity contribution in [1.82, 2.24) is 15.0 Å². The molecule has 0 saturated heterocycles. The number of pyridine rings is 1. The molecular formula is C26H39N5O2. The zero-order valence-electron chi connectivity index (χ0n) is 20.1. The number of rotatable bonds is 7. The number of hydrogen-bond donors (Lipinski definition) is 3. The third-order valence-corrected chi connectivity index (χ3v) is 8.71. The first-order valence-corrected chi connectivity index (χ1v) is 12.9. The van der Waals surface area contributed by atoms with E-state index in [-0.39, 0.29) is 17.1 Å². The fourth-order valence-electron chi connectivity index (χ4n) is 5.94. The number of nitrogens with zero attached hydrogens (tertiary/aromatic N) is 3. The van der Waals surface area contributed by atoms with Gasteiger partial charge in [-0.05, 0) is 83.5 Å². The van der Waals surface area contributed by atoms with Gasteiger partial charge in [0.1, 0.15) is 0 Å². The van der Waals surface area contributed by atoms with Gasteiger partial charge in [-0.25, -0.2) is 15.0 Å². The summed E-state index contributed by atoms with van der Waals surface area (Å²) >= 11 is 0. The molecule has 4 fully saturated rings. The molecule has 4 aliphatic rings. The molecule has 2 aromatic rings. The molecule has 6 rings (SSSR count). The highest BCUT2D eigenvalue weighted by Crippen LogP contribution is 2.51. The summed E-state index contributed by atoms with van der Waals surface area (Å²) in [6, 6.07) is 0.305. The van der Waals surface area contributed by atoms with Crippen molar-refractivity contribution in [2.45, 2.75) is 108 Å². The summed E-state index contributed by atoms with van der Waals surface area (Å²) in [6.45, 7) is 4.98. The summed E-state index contributed by atoms with van der Waals surface area (Å²) in [7, 11) is 0. The van der Waals surface area contributed by atoms with E-state index in [1.165, 1.54) is 0 Å². The van der Waals surface area contributed by atoms with Gasteiger partial charge >= 0.3 is 0 Å². The molecule has 2 heterocycles. The van der Waals surface area contributed by atoms with E-state index in [1.807, 2.05) is 12.4 Å². The molecule has 0 amide bonds. The van der Waals surface area contributed by atoms with Crippen LogP contribution in [0.5, 0.6) is 5.88 Å². The summed E-state index contributed by atoms with van der Waals surface area (Å²) in [5.41, 5.74) is 8.88. The van der Waals surface area contributed by atoms with Crippen molar-refractivity contribution in [1.29, 1.82) is 0 Å². The number of nitrogens with one attached hydrogen (secondary N) is 1. The van der Waals surface area contributed by atoms with Crippen LogP contribution in [-0.4, -0.2) is 44.4 Å². The Morgan fingerprint density at radius 3 is 2.45 bits per heavy atom. The van der Waals surface area contributed by atoms with E-state index in [9.17, 15) is 5.11 Å². The first-order valence-electron chi connectivity index (χ1n) is 12.9. The van der Waals surface area contributed by atoms with Gasteiger partial charge in [-0.1, -0.05) is 6.92 Å². The van der Waals surface area contributed by atoms with Crippen LogP contribution in [-0.2, 0) is 0 Å².